The second-order valence-corrected chi connectivity index (χ2v) is 16.4. The Kier molecular flexibility index (Phi) is 27.6. The third kappa shape index (κ3) is 25.9. The Balaban J connectivity index is 2.33. The van der Waals surface area contributed by atoms with Crippen LogP contribution in [0.2, 0.25) is 0 Å². The highest BCUT2D eigenvalue weighted by Gasteiger charge is 2.41. The van der Waals surface area contributed by atoms with Gasteiger partial charge in [-0.2, -0.15) is 0 Å². The summed E-state index contributed by atoms with van der Waals surface area (Å²) >= 11 is 0. The highest BCUT2D eigenvalue weighted by atomic mass is 31.2. The number of Topliss-reactive ketones (excluding diaryl/α,β-unsaturated/α-hetero) is 1. The van der Waals surface area contributed by atoms with E-state index in [9.17, 15) is 34.3 Å². The van der Waals surface area contributed by atoms with Crippen LogP contribution in [-0.4, -0.2) is 80.5 Å². The molecule has 1 unspecified atom stereocenters. The van der Waals surface area contributed by atoms with Gasteiger partial charge in [0.1, 0.15) is 12.4 Å². The van der Waals surface area contributed by atoms with Gasteiger partial charge in [-0.15, -0.1) is 0 Å². The number of aliphatic hydroxyl groups excluding tert-OH is 3. The van der Waals surface area contributed by atoms with Gasteiger partial charge in [-0.25, -0.2) is 4.57 Å². The van der Waals surface area contributed by atoms with Crippen molar-refractivity contribution in [1.29, 1.82) is 0 Å². The predicted molar refractivity (Wildman–Crippen MR) is 205 cm³/mol. The van der Waals surface area contributed by atoms with Gasteiger partial charge in [-0.05, 0) is 31.6 Å². The summed E-state index contributed by atoms with van der Waals surface area (Å²) < 4.78 is 26.3. The number of ether oxygens (including phenoxy) is 2. The molecule has 0 aliphatic heterocycles. The Hall–Kier alpha value is -1.66. The van der Waals surface area contributed by atoms with Crippen LogP contribution in [0.1, 0.15) is 168 Å². The van der Waals surface area contributed by atoms with Crippen LogP contribution in [0.3, 0.4) is 0 Å². The molecule has 0 aromatic rings. The summed E-state index contributed by atoms with van der Waals surface area (Å²) in [4.78, 5) is 55.7. The van der Waals surface area contributed by atoms with Crippen LogP contribution in [0.25, 0.3) is 0 Å². The Morgan fingerprint density at radius 2 is 1.32 bits per heavy atom. The highest BCUT2D eigenvalue weighted by molar-refractivity contribution is 7.46. The van der Waals surface area contributed by atoms with Crippen LogP contribution < -0.4 is 0 Å². The van der Waals surface area contributed by atoms with Crippen molar-refractivity contribution in [2.75, 3.05) is 13.2 Å². The van der Waals surface area contributed by atoms with Crippen molar-refractivity contribution < 1.29 is 58.1 Å². The van der Waals surface area contributed by atoms with E-state index in [-0.39, 0.29) is 37.9 Å². The molecule has 1 aliphatic rings. The van der Waals surface area contributed by atoms with Crippen LogP contribution in [-0.2, 0) is 32.9 Å². The lowest BCUT2D eigenvalue weighted by molar-refractivity contribution is -0.161. The summed E-state index contributed by atoms with van der Waals surface area (Å²) in [6.45, 7) is 5.58. The average Bonchev–Trinajstić information content (AvgIpc) is 3.37. The molecular formula is C40H73O12P. The Labute approximate surface area is 319 Å². The molecule has 1 rings (SSSR count). The zero-order chi connectivity index (χ0) is 39.5. The van der Waals surface area contributed by atoms with Gasteiger partial charge in [0.05, 0.1) is 24.9 Å². The quantitative estimate of drug-likeness (QED) is 0.0189. The van der Waals surface area contributed by atoms with Crippen LogP contribution >= 0.6 is 7.82 Å². The van der Waals surface area contributed by atoms with E-state index in [0.29, 0.717) is 25.7 Å². The molecule has 7 atom stereocenters. The van der Waals surface area contributed by atoms with E-state index >= 15 is 0 Å². The highest BCUT2D eigenvalue weighted by Crippen LogP contribution is 2.37. The van der Waals surface area contributed by atoms with E-state index in [1.807, 2.05) is 0 Å². The van der Waals surface area contributed by atoms with Crippen molar-refractivity contribution in [3.05, 3.63) is 12.2 Å². The van der Waals surface area contributed by atoms with Crippen molar-refractivity contribution in [2.24, 2.45) is 17.8 Å². The number of rotatable bonds is 33. The first kappa shape index (κ1) is 49.4. The zero-order valence-electron chi connectivity index (χ0n) is 32.9. The van der Waals surface area contributed by atoms with E-state index in [0.717, 1.165) is 44.4 Å². The predicted octanol–water partition coefficient (Wildman–Crippen LogP) is 7.65. The lowest BCUT2D eigenvalue weighted by atomic mass is 9.87. The van der Waals surface area contributed by atoms with Crippen molar-refractivity contribution >= 4 is 25.5 Å². The van der Waals surface area contributed by atoms with Gasteiger partial charge in [0.2, 0.25) is 0 Å². The number of carbonyl (C=O) groups is 3. The lowest BCUT2D eigenvalue weighted by Crippen LogP contribution is -2.29. The first-order valence-electron chi connectivity index (χ1n) is 20.5. The Bertz CT molecular complexity index is 1060. The van der Waals surface area contributed by atoms with E-state index in [2.05, 4.69) is 25.3 Å². The van der Waals surface area contributed by atoms with Crippen molar-refractivity contribution in [3.8, 4) is 0 Å². The van der Waals surface area contributed by atoms with Crippen LogP contribution in [0.15, 0.2) is 12.2 Å². The molecule has 12 nitrogen and oxygen atoms in total. The molecule has 1 saturated carbocycles. The monoisotopic (exact) mass is 776 g/mol. The van der Waals surface area contributed by atoms with E-state index in [4.69, 9.17) is 19.3 Å². The first-order chi connectivity index (χ1) is 25.2. The Morgan fingerprint density at radius 3 is 1.94 bits per heavy atom. The molecule has 310 valence electrons. The molecule has 0 heterocycles. The molecule has 1 aliphatic carbocycles. The maximum absolute atomic E-state index is 12.7. The number of hydrogen-bond donors (Lipinski definition) is 5. The largest absolute Gasteiger partial charge is 0.469 e. The standard InChI is InChI=1S/C40H73O12P/c1-4-6-15-21-32(41)25-26-35-36(38(44)28-37(35)43)27-33(42)22-18-19-23-39(45)50-29-34(30-51-53(47,48)49)52-40(46)24-17-14-12-10-8-7-9-11-13-16-20-31(3)5-2/h25-26,31-32,34-38,41,43-44H,4-24,27-30H2,1-3H3,(H2,47,48,49)/b26-25+/t31?,32-,34+,35+,36+,37+,38-/m0/s1. The number of esters is 2. The molecule has 0 spiro atoms. The summed E-state index contributed by atoms with van der Waals surface area (Å²) in [6, 6.07) is 0. The fourth-order valence-electron chi connectivity index (χ4n) is 6.76. The molecular weight excluding hydrogens is 703 g/mol. The summed E-state index contributed by atoms with van der Waals surface area (Å²) in [7, 11) is -4.84. The topological polar surface area (TPSA) is 197 Å². The Morgan fingerprint density at radius 1 is 0.755 bits per heavy atom. The SMILES string of the molecule is CCCCC[C@H](O)/C=C/[C@@H]1[C@@H](CC(=O)CCCCC(=O)OC[C@H](COP(=O)(O)O)OC(=O)CCCCCCCCCCCCC(C)CC)[C@@H](O)C[C@H]1O. The second-order valence-electron chi connectivity index (χ2n) is 15.2. The minimum absolute atomic E-state index is 0.0163. The lowest BCUT2D eigenvalue weighted by Gasteiger charge is -2.20. The van der Waals surface area contributed by atoms with Gasteiger partial charge < -0.3 is 34.6 Å². The maximum Gasteiger partial charge on any atom is 0.469 e. The van der Waals surface area contributed by atoms with Crippen LogP contribution in [0, 0.1) is 17.8 Å². The molecule has 53 heavy (non-hydrogen) atoms. The maximum atomic E-state index is 12.7. The van der Waals surface area contributed by atoms with Gasteiger partial charge in [0, 0.05) is 43.9 Å². The molecule has 0 aromatic carbocycles. The van der Waals surface area contributed by atoms with Gasteiger partial charge >= 0.3 is 19.8 Å². The van der Waals surface area contributed by atoms with E-state index in [1.54, 1.807) is 12.2 Å². The number of hydrogen-bond acceptors (Lipinski definition) is 10. The van der Waals surface area contributed by atoms with Gasteiger partial charge in [-0.3, -0.25) is 18.9 Å². The fourth-order valence-corrected chi connectivity index (χ4v) is 7.12. The number of ketones is 1. The number of unbranched alkanes of at least 4 members (excludes halogenated alkanes) is 12. The fraction of sp³-hybridized carbons (Fsp3) is 0.875. The van der Waals surface area contributed by atoms with E-state index in [1.165, 1.54) is 51.4 Å². The third-order valence-electron chi connectivity index (χ3n) is 10.3. The first-order valence-corrected chi connectivity index (χ1v) is 22.1. The average molecular weight is 777 g/mol. The number of carbonyl (C=O) groups excluding carboxylic acids is 3. The summed E-state index contributed by atoms with van der Waals surface area (Å²) in [5, 5.41) is 31.1. The number of phosphoric ester groups is 1. The van der Waals surface area contributed by atoms with Crippen molar-refractivity contribution in [3.63, 3.8) is 0 Å². The second kappa shape index (κ2) is 29.6. The minimum atomic E-state index is -4.84. The summed E-state index contributed by atoms with van der Waals surface area (Å²) in [5.41, 5.74) is 0. The zero-order valence-corrected chi connectivity index (χ0v) is 33.8. The number of aliphatic hydroxyl groups is 3. The molecule has 0 bridgehead atoms. The molecule has 13 heteroatoms. The smallest absolute Gasteiger partial charge is 0.462 e. The summed E-state index contributed by atoms with van der Waals surface area (Å²) in [6.07, 6.45) is 18.6. The summed E-state index contributed by atoms with van der Waals surface area (Å²) in [5.74, 6) is -1.33. The van der Waals surface area contributed by atoms with Gasteiger partial charge in [-0.1, -0.05) is 123 Å². The van der Waals surface area contributed by atoms with Crippen LogP contribution in [0.4, 0.5) is 0 Å². The van der Waals surface area contributed by atoms with E-state index < -0.39 is 69.2 Å². The van der Waals surface area contributed by atoms with Crippen molar-refractivity contribution in [2.45, 2.75) is 193 Å². The van der Waals surface area contributed by atoms with Gasteiger partial charge in [0.25, 0.3) is 0 Å². The molecule has 0 saturated heterocycles. The normalized spacial score (nSPS) is 20.8. The molecule has 0 radical (unpaired) electrons. The molecule has 5 N–H and O–H groups in total. The number of phosphoric acid groups is 1. The molecule has 0 amide bonds. The molecule has 1 fully saturated rings. The van der Waals surface area contributed by atoms with Crippen LogP contribution in [0.5, 0.6) is 0 Å². The van der Waals surface area contributed by atoms with Gasteiger partial charge in [0.15, 0.2) is 6.10 Å². The molecule has 0 aromatic heterocycles. The van der Waals surface area contributed by atoms with Crippen molar-refractivity contribution in [1.82, 2.24) is 0 Å². The minimum Gasteiger partial charge on any atom is -0.462 e. The third-order valence-corrected chi connectivity index (χ3v) is 10.8.